The van der Waals surface area contributed by atoms with Crippen molar-refractivity contribution in [2.24, 2.45) is 0 Å². The highest BCUT2D eigenvalue weighted by atomic mass is 16.5. The zero-order valence-corrected chi connectivity index (χ0v) is 24.3. The number of phenols is 1. The van der Waals surface area contributed by atoms with Gasteiger partial charge >= 0.3 is 0 Å². The summed E-state index contributed by atoms with van der Waals surface area (Å²) < 4.78 is 16.5. The summed E-state index contributed by atoms with van der Waals surface area (Å²) in [6.07, 6.45) is 3.77. The van der Waals surface area contributed by atoms with Crippen molar-refractivity contribution in [1.29, 1.82) is 0 Å². The van der Waals surface area contributed by atoms with Gasteiger partial charge in [0.25, 0.3) is 0 Å². The molecule has 0 saturated carbocycles. The number of hydrogen-bond acceptors (Lipinski definition) is 6. The monoisotopic (exact) mass is 566 g/mol. The van der Waals surface area contributed by atoms with E-state index in [1.165, 1.54) is 33.3 Å². The van der Waals surface area contributed by atoms with E-state index in [2.05, 4.69) is 44.9 Å². The third-order valence-corrected chi connectivity index (χ3v) is 9.24. The van der Waals surface area contributed by atoms with Crippen LogP contribution in [0.2, 0.25) is 0 Å². The average Bonchev–Trinajstić information content (AvgIpc) is 3.59. The quantitative estimate of drug-likeness (QED) is 0.157. The summed E-state index contributed by atoms with van der Waals surface area (Å²) in [7, 11) is 5.02. The van der Waals surface area contributed by atoms with E-state index in [1.54, 1.807) is 27.4 Å². The van der Waals surface area contributed by atoms with Gasteiger partial charge in [-0.1, -0.05) is 6.07 Å². The minimum atomic E-state index is 0.158. The van der Waals surface area contributed by atoms with Crippen LogP contribution in [0.3, 0.4) is 0 Å². The third kappa shape index (κ3) is 4.64. The molecule has 0 bridgehead atoms. The summed E-state index contributed by atoms with van der Waals surface area (Å²) in [6, 6.07) is 18.7. The van der Waals surface area contributed by atoms with Crippen LogP contribution in [0.25, 0.3) is 21.8 Å². The van der Waals surface area contributed by atoms with Crippen molar-refractivity contribution in [2.75, 3.05) is 34.4 Å². The lowest BCUT2D eigenvalue weighted by Gasteiger charge is -2.32. The van der Waals surface area contributed by atoms with Gasteiger partial charge in [-0.3, -0.25) is 0 Å². The second-order valence-electron chi connectivity index (χ2n) is 11.5. The molecule has 0 radical (unpaired) electrons. The lowest BCUT2D eigenvalue weighted by atomic mass is 9.82. The first kappa shape index (κ1) is 26.7. The zero-order chi connectivity index (χ0) is 28.8. The Bertz CT molecular complexity index is 1650. The predicted octanol–water partition coefficient (Wildman–Crippen LogP) is 6.02. The number of aromatic hydroxyl groups is 1. The largest absolute Gasteiger partial charge is 0.504 e. The van der Waals surface area contributed by atoms with Crippen molar-refractivity contribution < 1.29 is 19.3 Å². The second kappa shape index (κ2) is 10.9. The molecule has 0 amide bonds. The number of nitrogens with one attached hydrogen (secondary N) is 4. The van der Waals surface area contributed by atoms with Gasteiger partial charge in [0.2, 0.25) is 0 Å². The maximum Gasteiger partial charge on any atom is 0.160 e. The van der Waals surface area contributed by atoms with Crippen LogP contribution in [0, 0.1) is 0 Å². The Labute approximate surface area is 245 Å². The Morgan fingerprint density at radius 1 is 0.714 bits per heavy atom. The molecule has 0 spiro atoms. The van der Waals surface area contributed by atoms with Gasteiger partial charge in [-0.15, -0.1) is 0 Å². The van der Waals surface area contributed by atoms with Gasteiger partial charge in [0.05, 0.1) is 21.3 Å². The van der Waals surface area contributed by atoms with Gasteiger partial charge in [0.15, 0.2) is 11.5 Å². The van der Waals surface area contributed by atoms with Crippen molar-refractivity contribution in [2.45, 2.75) is 43.7 Å². The van der Waals surface area contributed by atoms with E-state index in [-0.39, 0.29) is 23.8 Å². The van der Waals surface area contributed by atoms with Crippen LogP contribution < -0.4 is 24.8 Å². The fraction of sp³-hybridized carbons (Fsp3) is 0.353. The Kier molecular flexibility index (Phi) is 6.96. The first-order valence-corrected chi connectivity index (χ1v) is 14.8. The minimum Gasteiger partial charge on any atom is -0.504 e. The SMILES string of the molecule is COc1ccc2c3c([nH]c2c1)C(CC(CC1NCCc2c1[nH]c1cc(OC)ccc21)c1ccc(O)c(OC)c1)NCC3. The molecule has 0 aliphatic carbocycles. The van der Waals surface area contributed by atoms with E-state index in [0.717, 1.165) is 66.9 Å². The highest BCUT2D eigenvalue weighted by molar-refractivity contribution is 5.87. The summed E-state index contributed by atoms with van der Waals surface area (Å²) in [5.74, 6) is 2.56. The fourth-order valence-corrected chi connectivity index (χ4v) is 7.13. The van der Waals surface area contributed by atoms with Crippen LogP contribution >= 0.6 is 0 Å². The molecular formula is C34H38N4O4. The van der Waals surface area contributed by atoms with Crippen molar-refractivity contribution in [3.8, 4) is 23.0 Å². The second-order valence-corrected chi connectivity index (χ2v) is 11.5. The fourth-order valence-electron chi connectivity index (χ4n) is 7.13. The maximum atomic E-state index is 10.4. The number of rotatable bonds is 8. The molecule has 2 atom stereocenters. The van der Waals surface area contributed by atoms with E-state index in [4.69, 9.17) is 14.2 Å². The van der Waals surface area contributed by atoms with Gasteiger partial charge in [-0.2, -0.15) is 0 Å². The summed E-state index contributed by atoms with van der Waals surface area (Å²) in [4.78, 5) is 7.47. The van der Waals surface area contributed by atoms with E-state index in [0.29, 0.717) is 5.75 Å². The molecule has 2 aliphatic heterocycles. The third-order valence-electron chi connectivity index (χ3n) is 9.24. The summed E-state index contributed by atoms with van der Waals surface area (Å²) in [6.45, 7) is 1.86. The number of hydrogen-bond donors (Lipinski definition) is 5. The van der Waals surface area contributed by atoms with E-state index in [1.807, 2.05) is 24.3 Å². The summed E-state index contributed by atoms with van der Waals surface area (Å²) in [5, 5.41) is 20.5. The lowest BCUT2D eigenvalue weighted by molar-refractivity contribution is 0.360. The van der Waals surface area contributed by atoms with Crippen LogP contribution in [0.5, 0.6) is 23.0 Å². The molecule has 8 heteroatoms. The van der Waals surface area contributed by atoms with Gasteiger partial charge in [0.1, 0.15) is 11.5 Å². The Morgan fingerprint density at radius 3 is 1.76 bits per heavy atom. The van der Waals surface area contributed by atoms with E-state index >= 15 is 0 Å². The van der Waals surface area contributed by atoms with Crippen LogP contribution in [-0.4, -0.2) is 49.5 Å². The first-order valence-electron chi connectivity index (χ1n) is 14.8. The smallest absolute Gasteiger partial charge is 0.160 e. The number of aromatic amines is 2. The van der Waals surface area contributed by atoms with Crippen molar-refractivity contribution in [1.82, 2.24) is 20.6 Å². The van der Waals surface area contributed by atoms with Crippen molar-refractivity contribution in [3.63, 3.8) is 0 Å². The molecule has 0 saturated heterocycles. The van der Waals surface area contributed by atoms with Crippen molar-refractivity contribution >= 4 is 21.8 Å². The van der Waals surface area contributed by atoms with Crippen LogP contribution in [-0.2, 0) is 12.8 Å². The molecule has 3 aromatic carbocycles. The standard InChI is InChI=1S/C34H38N4O4/c1-40-21-5-7-23-25-10-12-35-29(33(25)37-27(23)17-21)14-20(19-4-9-31(39)32(16-19)42-3)15-30-34-26(11-13-36-30)24-8-6-22(41-2)18-28(24)38-34/h4-9,16-18,20,29-30,35-39H,10-15H2,1-3H3. The number of H-pyrrole nitrogens is 2. The number of fused-ring (bicyclic) bond motifs is 6. The molecule has 4 heterocycles. The van der Waals surface area contributed by atoms with Crippen LogP contribution in [0.1, 0.15) is 58.9 Å². The summed E-state index contributed by atoms with van der Waals surface area (Å²) in [5.41, 5.74) is 8.68. The molecule has 8 nitrogen and oxygen atoms in total. The van der Waals surface area contributed by atoms with E-state index in [9.17, 15) is 5.11 Å². The Morgan fingerprint density at radius 2 is 1.26 bits per heavy atom. The van der Waals surface area contributed by atoms with E-state index < -0.39 is 0 Å². The van der Waals surface area contributed by atoms with Crippen LogP contribution in [0.4, 0.5) is 0 Å². The molecular weight excluding hydrogens is 528 g/mol. The minimum absolute atomic E-state index is 0.158. The molecule has 5 aromatic rings. The zero-order valence-electron chi connectivity index (χ0n) is 24.3. The lowest BCUT2D eigenvalue weighted by Crippen LogP contribution is -2.33. The van der Waals surface area contributed by atoms with Crippen molar-refractivity contribution in [3.05, 3.63) is 82.7 Å². The highest BCUT2D eigenvalue weighted by Gasteiger charge is 2.32. The Hall–Kier alpha value is -4.14. The maximum absolute atomic E-state index is 10.4. The molecule has 218 valence electrons. The normalized spacial score (nSPS) is 18.9. The molecule has 5 N–H and O–H groups in total. The average molecular weight is 567 g/mol. The van der Waals surface area contributed by atoms with Gasteiger partial charge < -0.3 is 39.9 Å². The van der Waals surface area contributed by atoms with Gasteiger partial charge in [-0.25, -0.2) is 0 Å². The van der Waals surface area contributed by atoms with Crippen LogP contribution in [0.15, 0.2) is 54.6 Å². The summed E-state index contributed by atoms with van der Waals surface area (Å²) >= 11 is 0. The number of phenolic OH excluding ortho intramolecular Hbond substituents is 1. The van der Waals surface area contributed by atoms with Gasteiger partial charge in [-0.05, 0) is 97.8 Å². The van der Waals surface area contributed by atoms with Gasteiger partial charge in [0, 0.05) is 57.4 Å². The molecule has 0 fully saturated rings. The Balaban J connectivity index is 1.26. The number of benzene rings is 3. The molecule has 2 unspecified atom stereocenters. The molecule has 7 rings (SSSR count). The predicted molar refractivity (Wildman–Crippen MR) is 165 cm³/mol. The number of ether oxygens (including phenoxy) is 3. The first-order chi connectivity index (χ1) is 20.6. The molecule has 42 heavy (non-hydrogen) atoms. The topological polar surface area (TPSA) is 104 Å². The molecule has 2 aromatic heterocycles. The highest BCUT2D eigenvalue weighted by Crippen LogP contribution is 2.43. The number of methoxy groups -OCH3 is 3. The molecule has 2 aliphatic rings. The number of aromatic nitrogens is 2.